The van der Waals surface area contributed by atoms with Crippen molar-refractivity contribution in [2.45, 2.75) is 20.3 Å². The maximum absolute atomic E-state index is 11.2. The van der Waals surface area contributed by atoms with E-state index in [0.29, 0.717) is 0 Å². The van der Waals surface area contributed by atoms with Gasteiger partial charge in [-0.1, -0.05) is 0 Å². The van der Waals surface area contributed by atoms with Gasteiger partial charge in [-0.25, -0.2) is 4.79 Å². The molecule has 0 bridgehead atoms. The lowest BCUT2D eigenvalue weighted by atomic mass is 10.3. The van der Waals surface area contributed by atoms with Gasteiger partial charge in [-0.3, -0.25) is 15.0 Å². The second kappa shape index (κ2) is 7.87. The summed E-state index contributed by atoms with van der Waals surface area (Å²) in [5, 5.41) is 8.21. The van der Waals surface area contributed by atoms with Crippen LogP contribution in [-0.4, -0.2) is 24.3 Å². The zero-order valence-electron chi connectivity index (χ0n) is 9.57. The van der Waals surface area contributed by atoms with Gasteiger partial charge in [0.05, 0.1) is 12.7 Å². The lowest BCUT2D eigenvalue weighted by Gasteiger charge is -2.06. The summed E-state index contributed by atoms with van der Waals surface area (Å²) in [4.78, 5) is 33.0. The van der Waals surface area contributed by atoms with E-state index in [1.807, 2.05) is 0 Å². The molecule has 0 heterocycles. The Bertz CT molecular complexity index is 382. The average molecular weight is 239 g/mol. The summed E-state index contributed by atoms with van der Waals surface area (Å²) in [6, 6.07) is 1.65. The molecule has 0 aliphatic rings. The third kappa shape index (κ3) is 6.67. The Balaban J connectivity index is 4.18. The number of ketones is 1. The molecule has 0 fully saturated rings. The second-order valence-corrected chi connectivity index (χ2v) is 2.92. The molecule has 0 aromatic heterocycles. The fourth-order valence-electron chi connectivity index (χ4n) is 0.778. The van der Waals surface area contributed by atoms with Crippen molar-refractivity contribution in [1.29, 1.82) is 5.26 Å². The van der Waals surface area contributed by atoms with Crippen molar-refractivity contribution >= 4 is 17.7 Å². The van der Waals surface area contributed by atoms with Crippen molar-refractivity contribution in [3.8, 4) is 6.07 Å². The minimum atomic E-state index is -0.961. The quantitative estimate of drug-likeness (QED) is 0.281. The molecular weight excluding hydrogens is 226 g/mol. The molecule has 0 atom stereocenters. The molecule has 1 amide bonds. The molecule has 0 unspecified atom stereocenters. The van der Waals surface area contributed by atoms with E-state index in [0.717, 1.165) is 6.08 Å². The van der Waals surface area contributed by atoms with E-state index < -0.39 is 17.7 Å². The molecule has 0 aliphatic carbocycles. The van der Waals surface area contributed by atoms with Crippen molar-refractivity contribution in [3.63, 3.8) is 0 Å². The first-order valence-electron chi connectivity index (χ1n) is 4.82. The van der Waals surface area contributed by atoms with Gasteiger partial charge < -0.3 is 10.2 Å². The maximum atomic E-state index is 11.2. The van der Waals surface area contributed by atoms with Crippen molar-refractivity contribution in [3.05, 3.63) is 11.8 Å². The van der Waals surface area contributed by atoms with Gasteiger partial charge in [0, 0.05) is 11.8 Å². The van der Waals surface area contributed by atoms with Crippen LogP contribution in [0.15, 0.2) is 11.8 Å². The summed E-state index contributed by atoms with van der Waals surface area (Å²) >= 11 is 0. The maximum Gasteiger partial charge on any atom is 0.379 e. The number of amides is 1. The fraction of sp³-hybridized carbons (Fsp3) is 0.400. The van der Waals surface area contributed by atoms with Crippen molar-refractivity contribution in [1.82, 2.24) is 10.9 Å². The highest BCUT2D eigenvalue weighted by atomic mass is 16.5. The van der Waals surface area contributed by atoms with Crippen LogP contribution in [0.3, 0.4) is 0 Å². The third-order valence-electron chi connectivity index (χ3n) is 1.46. The lowest BCUT2D eigenvalue weighted by Crippen LogP contribution is -2.36. The van der Waals surface area contributed by atoms with Crippen LogP contribution in [0, 0.1) is 11.3 Å². The van der Waals surface area contributed by atoms with Gasteiger partial charge in [0.1, 0.15) is 6.42 Å². The van der Waals surface area contributed by atoms with Crippen LogP contribution in [0.2, 0.25) is 0 Å². The van der Waals surface area contributed by atoms with Crippen molar-refractivity contribution in [2.75, 3.05) is 6.61 Å². The largest absolute Gasteiger partial charge is 0.460 e. The first kappa shape index (κ1) is 14.6. The van der Waals surface area contributed by atoms with Gasteiger partial charge in [0.25, 0.3) is 11.7 Å². The van der Waals surface area contributed by atoms with E-state index in [9.17, 15) is 14.4 Å². The van der Waals surface area contributed by atoms with E-state index in [1.165, 1.54) is 6.92 Å². The number of esters is 1. The SMILES string of the molecule is CCOC(=O)C(=O)/C=C(\C)NNC(=O)CC#N. The summed E-state index contributed by atoms with van der Waals surface area (Å²) in [7, 11) is 0. The number of allylic oxidation sites excluding steroid dienone is 1. The van der Waals surface area contributed by atoms with Gasteiger partial charge in [-0.2, -0.15) is 5.26 Å². The van der Waals surface area contributed by atoms with Gasteiger partial charge >= 0.3 is 5.97 Å². The number of rotatable bonds is 6. The molecule has 0 saturated heterocycles. The van der Waals surface area contributed by atoms with E-state index in [4.69, 9.17) is 5.26 Å². The molecule has 0 radical (unpaired) electrons. The number of nitrogens with zero attached hydrogens (tertiary/aromatic N) is 1. The minimum absolute atomic E-state index is 0.115. The highest BCUT2D eigenvalue weighted by molar-refractivity contribution is 6.38. The Kier molecular flexibility index (Phi) is 6.78. The number of carbonyl (C=O) groups excluding carboxylic acids is 3. The molecule has 2 N–H and O–H groups in total. The Morgan fingerprint density at radius 1 is 1.35 bits per heavy atom. The highest BCUT2D eigenvalue weighted by Crippen LogP contribution is 1.89. The smallest absolute Gasteiger partial charge is 0.379 e. The average Bonchev–Trinajstić information content (AvgIpc) is 2.27. The molecule has 0 saturated carbocycles. The number of ether oxygens (including phenoxy) is 1. The first-order chi connectivity index (χ1) is 8.01. The van der Waals surface area contributed by atoms with Gasteiger partial charge in [-0.05, 0) is 13.8 Å². The summed E-state index contributed by atoms with van der Waals surface area (Å²) in [6.45, 7) is 3.18. The van der Waals surface area contributed by atoms with Crippen LogP contribution < -0.4 is 10.9 Å². The lowest BCUT2D eigenvalue weighted by molar-refractivity contribution is -0.151. The fourth-order valence-corrected chi connectivity index (χ4v) is 0.778. The van der Waals surface area contributed by atoms with E-state index >= 15 is 0 Å². The van der Waals surface area contributed by atoms with E-state index in [-0.39, 0.29) is 18.7 Å². The summed E-state index contributed by atoms with van der Waals surface area (Å²) in [5.41, 5.74) is 4.81. The monoisotopic (exact) mass is 239 g/mol. The Morgan fingerprint density at radius 2 is 2.00 bits per heavy atom. The summed E-state index contributed by atoms with van der Waals surface area (Å²) in [6.07, 6.45) is 0.691. The second-order valence-electron chi connectivity index (χ2n) is 2.92. The summed E-state index contributed by atoms with van der Waals surface area (Å²) < 4.78 is 4.48. The van der Waals surface area contributed by atoms with Crippen molar-refractivity contribution < 1.29 is 19.1 Å². The molecule has 92 valence electrons. The first-order valence-corrected chi connectivity index (χ1v) is 4.82. The molecule has 0 aromatic carbocycles. The molecule has 0 aliphatic heterocycles. The van der Waals surface area contributed by atoms with Crippen LogP contribution in [0.25, 0.3) is 0 Å². The Hall–Kier alpha value is -2.36. The zero-order valence-corrected chi connectivity index (χ0v) is 9.57. The number of nitrogens with one attached hydrogen (secondary N) is 2. The third-order valence-corrected chi connectivity index (χ3v) is 1.46. The van der Waals surface area contributed by atoms with Crippen LogP contribution >= 0.6 is 0 Å². The number of nitriles is 1. The van der Waals surface area contributed by atoms with E-state index in [1.54, 1.807) is 13.0 Å². The van der Waals surface area contributed by atoms with E-state index in [2.05, 4.69) is 15.6 Å². The zero-order chi connectivity index (χ0) is 13.3. The Morgan fingerprint density at radius 3 is 2.53 bits per heavy atom. The van der Waals surface area contributed by atoms with Gasteiger partial charge in [0.15, 0.2) is 0 Å². The van der Waals surface area contributed by atoms with Gasteiger partial charge in [-0.15, -0.1) is 0 Å². The molecule has 7 nitrogen and oxygen atoms in total. The van der Waals surface area contributed by atoms with Crippen LogP contribution in [-0.2, 0) is 19.1 Å². The van der Waals surface area contributed by atoms with Gasteiger partial charge in [0.2, 0.25) is 0 Å². The number of hydrazine groups is 1. The molecule has 7 heteroatoms. The van der Waals surface area contributed by atoms with Crippen LogP contribution in [0.5, 0.6) is 0 Å². The molecular formula is C10H13N3O4. The molecule has 0 spiro atoms. The highest BCUT2D eigenvalue weighted by Gasteiger charge is 2.11. The van der Waals surface area contributed by atoms with Crippen molar-refractivity contribution in [2.24, 2.45) is 0 Å². The standard InChI is InChI=1S/C10H13N3O4/c1-3-17-10(16)8(14)6-7(2)12-13-9(15)4-5-11/h6,12H,3-4H2,1-2H3,(H,13,15)/b7-6+. The number of hydrogen-bond donors (Lipinski definition) is 2. The molecule has 0 aromatic rings. The van der Waals surface area contributed by atoms with Crippen LogP contribution in [0.4, 0.5) is 0 Å². The number of hydrogen-bond acceptors (Lipinski definition) is 6. The predicted molar refractivity (Wildman–Crippen MR) is 56.9 cm³/mol. The predicted octanol–water partition coefficient (Wildman–Crippen LogP) is -0.443. The minimum Gasteiger partial charge on any atom is -0.460 e. The Labute approximate surface area is 98.4 Å². The molecule has 0 rings (SSSR count). The normalized spacial score (nSPS) is 10.1. The molecule has 17 heavy (non-hydrogen) atoms. The topological polar surface area (TPSA) is 108 Å². The van der Waals surface area contributed by atoms with Crippen LogP contribution in [0.1, 0.15) is 20.3 Å². The summed E-state index contributed by atoms with van der Waals surface area (Å²) in [5.74, 6) is -2.33. The number of carbonyl (C=O) groups is 3.